The number of nitrogens with two attached hydrogens (primary N) is 1. The number of primary amides is 1. The third-order valence-corrected chi connectivity index (χ3v) is 2.49. The number of rotatable bonds is 8. The van der Waals surface area contributed by atoms with Gasteiger partial charge in [-0.15, -0.1) is 0 Å². The number of nitrogens with one attached hydrogen (secondary N) is 2. The van der Waals surface area contributed by atoms with E-state index in [1.54, 1.807) is 30.3 Å². The number of amides is 3. The van der Waals surface area contributed by atoms with Crippen LogP contribution in [0.3, 0.4) is 0 Å². The van der Waals surface area contributed by atoms with Crippen LogP contribution in [0.1, 0.15) is 12.5 Å². The smallest absolute Gasteiger partial charge is 0.255 e. The van der Waals surface area contributed by atoms with Crippen molar-refractivity contribution in [2.75, 3.05) is 19.7 Å². The molecule has 1 aromatic rings. The van der Waals surface area contributed by atoms with Gasteiger partial charge in [-0.1, -0.05) is 12.1 Å². The molecule has 0 aromatic heterocycles. The Bertz CT molecular complexity index is 552. The number of hydrogen-bond acceptors (Lipinski definition) is 4. The summed E-state index contributed by atoms with van der Waals surface area (Å²) in [6, 6.07) is 6.85. The van der Waals surface area contributed by atoms with E-state index in [-0.39, 0.29) is 18.4 Å². The van der Waals surface area contributed by atoms with Gasteiger partial charge in [-0.25, -0.2) is 0 Å². The van der Waals surface area contributed by atoms with Crippen LogP contribution in [0.4, 0.5) is 0 Å². The molecular formula is C15H19N3O4. The zero-order valence-corrected chi connectivity index (χ0v) is 12.3. The Hall–Kier alpha value is -2.83. The van der Waals surface area contributed by atoms with E-state index in [2.05, 4.69) is 10.6 Å². The fourth-order valence-electron chi connectivity index (χ4n) is 1.48. The average Bonchev–Trinajstić information content (AvgIpc) is 2.48. The molecule has 0 spiro atoms. The molecule has 0 aliphatic heterocycles. The Balaban J connectivity index is 2.37. The molecule has 7 heteroatoms. The SMILES string of the molecule is CC(=O)NCCNC(=O)/C=C/c1ccc(OCC(N)=O)cc1. The molecule has 0 heterocycles. The van der Waals surface area contributed by atoms with Gasteiger partial charge in [0.15, 0.2) is 6.61 Å². The van der Waals surface area contributed by atoms with Gasteiger partial charge in [-0.05, 0) is 23.8 Å². The highest BCUT2D eigenvalue weighted by Gasteiger charge is 1.98. The van der Waals surface area contributed by atoms with E-state index in [9.17, 15) is 14.4 Å². The topological polar surface area (TPSA) is 111 Å². The summed E-state index contributed by atoms with van der Waals surface area (Å²) < 4.78 is 5.12. The molecule has 0 radical (unpaired) electrons. The second kappa shape index (κ2) is 9.17. The molecule has 22 heavy (non-hydrogen) atoms. The van der Waals surface area contributed by atoms with Crippen molar-refractivity contribution in [3.63, 3.8) is 0 Å². The van der Waals surface area contributed by atoms with Crippen LogP contribution in [0.2, 0.25) is 0 Å². The fourth-order valence-corrected chi connectivity index (χ4v) is 1.48. The van der Waals surface area contributed by atoms with Gasteiger partial charge < -0.3 is 21.1 Å². The molecule has 0 fully saturated rings. The first-order valence-electron chi connectivity index (χ1n) is 6.69. The highest BCUT2D eigenvalue weighted by Crippen LogP contribution is 2.12. The molecule has 0 unspecified atom stereocenters. The third kappa shape index (κ3) is 7.68. The molecule has 1 aromatic carbocycles. The lowest BCUT2D eigenvalue weighted by atomic mass is 10.2. The Morgan fingerprint density at radius 1 is 1.14 bits per heavy atom. The predicted octanol–water partition coefficient (Wildman–Crippen LogP) is -0.184. The van der Waals surface area contributed by atoms with Gasteiger partial charge in [0, 0.05) is 26.1 Å². The molecule has 118 valence electrons. The van der Waals surface area contributed by atoms with Gasteiger partial charge in [0.1, 0.15) is 5.75 Å². The fraction of sp³-hybridized carbons (Fsp3) is 0.267. The molecule has 1 rings (SSSR count). The Kier molecular flexibility index (Phi) is 7.18. The Morgan fingerprint density at radius 2 is 1.77 bits per heavy atom. The largest absolute Gasteiger partial charge is 0.484 e. The van der Waals surface area contributed by atoms with Gasteiger partial charge in [0.25, 0.3) is 5.91 Å². The summed E-state index contributed by atoms with van der Waals surface area (Å²) in [7, 11) is 0. The minimum Gasteiger partial charge on any atom is -0.484 e. The number of ether oxygens (including phenoxy) is 1. The minimum absolute atomic E-state index is 0.136. The normalized spacial score (nSPS) is 10.2. The highest BCUT2D eigenvalue weighted by molar-refractivity contribution is 5.91. The highest BCUT2D eigenvalue weighted by atomic mass is 16.5. The average molecular weight is 305 g/mol. The summed E-state index contributed by atoms with van der Waals surface area (Å²) in [6.45, 7) is 1.99. The maximum Gasteiger partial charge on any atom is 0.255 e. The number of hydrogen-bond donors (Lipinski definition) is 3. The standard InChI is InChI=1S/C15H19N3O4/c1-11(19)17-8-9-18-15(21)7-4-12-2-5-13(6-3-12)22-10-14(16)20/h2-7H,8-10H2,1H3,(H2,16,20)(H,17,19)(H,18,21)/b7-4+. The first kappa shape index (κ1) is 17.2. The lowest BCUT2D eigenvalue weighted by molar-refractivity contribution is -0.120. The number of carbonyl (C=O) groups excluding carboxylic acids is 3. The molecule has 3 amide bonds. The molecular weight excluding hydrogens is 286 g/mol. The molecule has 0 aliphatic rings. The van der Waals surface area contributed by atoms with Crippen LogP contribution < -0.4 is 21.1 Å². The van der Waals surface area contributed by atoms with E-state index in [1.807, 2.05) is 0 Å². The van der Waals surface area contributed by atoms with E-state index >= 15 is 0 Å². The van der Waals surface area contributed by atoms with E-state index in [0.29, 0.717) is 18.8 Å². The van der Waals surface area contributed by atoms with Gasteiger partial charge in [-0.2, -0.15) is 0 Å². The molecule has 0 atom stereocenters. The summed E-state index contributed by atoms with van der Waals surface area (Å²) in [5.74, 6) is -0.404. The van der Waals surface area contributed by atoms with Gasteiger partial charge in [0.2, 0.25) is 11.8 Å². The summed E-state index contributed by atoms with van der Waals surface area (Å²) in [5, 5.41) is 5.21. The summed E-state index contributed by atoms with van der Waals surface area (Å²) in [4.78, 5) is 32.7. The quantitative estimate of drug-likeness (QED) is 0.457. The monoisotopic (exact) mass is 305 g/mol. The lowest BCUT2D eigenvalue weighted by Gasteiger charge is -2.04. The van der Waals surface area contributed by atoms with Crippen molar-refractivity contribution in [1.82, 2.24) is 10.6 Å². The summed E-state index contributed by atoms with van der Waals surface area (Å²) in [6.07, 6.45) is 3.04. The van der Waals surface area contributed by atoms with Crippen LogP contribution in [-0.4, -0.2) is 37.4 Å². The Morgan fingerprint density at radius 3 is 2.36 bits per heavy atom. The van der Waals surface area contributed by atoms with Gasteiger partial charge in [-0.3, -0.25) is 14.4 Å². The van der Waals surface area contributed by atoms with Gasteiger partial charge in [0.05, 0.1) is 0 Å². The van der Waals surface area contributed by atoms with Crippen LogP contribution in [0.25, 0.3) is 6.08 Å². The van der Waals surface area contributed by atoms with Crippen molar-refractivity contribution in [3.05, 3.63) is 35.9 Å². The maximum absolute atomic E-state index is 11.5. The van der Waals surface area contributed by atoms with Gasteiger partial charge >= 0.3 is 0 Å². The number of benzene rings is 1. The van der Waals surface area contributed by atoms with E-state index in [0.717, 1.165) is 5.56 Å². The van der Waals surface area contributed by atoms with Crippen molar-refractivity contribution in [2.24, 2.45) is 5.73 Å². The molecule has 7 nitrogen and oxygen atoms in total. The van der Waals surface area contributed by atoms with E-state index in [4.69, 9.17) is 10.5 Å². The molecule has 0 bridgehead atoms. The molecule has 4 N–H and O–H groups in total. The zero-order valence-electron chi connectivity index (χ0n) is 12.3. The summed E-state index contributed by atoms with van der Waals surface area (Å²) in [5.41, 5.74) is 5.78. The second-order valence-corrected chi connectivity index (χ2v) is 4.43. The van der Waals surface area contributed by atoms with Crippen LogP contribution >= 0.6 is 0 Å². The van der Waals surface area contributed by atoms with E-state index in [1.165, 1.54) is 13.0 Å². The molecule has 0 aliphatic carbocycles. The second-order valence-electron chi connectivity index (χ2n) is 4.43. The van der Waals surface area contributed by atoms with Crippen molar-refractivity contribution < 1.29 is 19.1 Å². The van der Waals surface area contributed by atoms with Crippen LogP contribution in [0.5, 0.6) is 5.75 Å². The predicted molar refractivity (Wildman–Crippen MR) is 81.9 cm³/mol. The zero-order chi connectivity index (χ0) is 16.4. The van der Waals surface area contributed by atoms with Crippen LogP contribution in [0.15, 0.2) is 30.3 Å². The minimum atomic E-state index is -0.542. The van der Waals surface area contributed by atoms with Crippen molar-refractivity contribution in [1.29, 1.82) is 0 Å². The van der Waals surface area contributed by atoms with Crippen molar-refractivity contribution in [3.8, 4) is 5.75 Å². The maximum atomic E-state index is 11.5. The third-order valence-electron chi connectivity index (χ3n) is 2.49. The lowest BCUT2D eigenvalue weighted by Crippen LogP contribution is -2.32. The summed E-state index contributed by atoms with van der Waals surface area (Å²) >= 11 is 0. The van der Waals surface area contributed by atoms with E-state index < -0.39 is 5.91 Å². The number of carbonyl (C=O) groups is 3. The first-order valence-corrected chi connectivity index (χ1v) is 6.69. The van der Waals surface area contributed by atoms with Crippen LogP contribution in [-0.2, 0) is 14.4 Å². The molecule has 0 saturated carbocycles. The first-order chi connectivity index (χ1) is 10.5. The molecule has 0 saturated heterocycles. The van der Waals surface area contributed by atoms with Crippen LogP contribution in [0, 0.1) is 0 Å². The Labute approximate surface area is 128 Å². The van der Waals surface area contributed by atoms with Crippen molar-refractivity contribution >= 4 is 23.8 Å². The van der Waals surface area contributed by atoms with Crippen molar-refractivity contribution in [2.45, 2.75) is 6.92 Å².